The van der Waals surface area contributed by atoms with Crippen LogP contribution in [0.2, 0.25) is 0 Å². The monoisotopic (exact) mass is 394 g/mol. The molecular formula is C28H30N2. The molecule has 2 nitrogen and oxygen atoms in total. The number of rotatable bonds is 6. The van der Waals surface area contributed by atoms with Gasteiger partial charge in [0.25, 0.3) is 0 Å². The number of aromatic nitrogens is 1. The lowest BCUT2D eigenvalue weighted by molar-refractivity contribution is 0.313. The van der Waals surface area contributed by atoms with Crippen molar-refractivity contribution in [1.82, 2.24) is 10.3 Å². The summed E-state index contributed by atoms with van der Waals surface area (Å²) in [7, 11) is 0. The zero-order valence-corrected chi connectivity index (χ0v) is 17.5. The zero-order chi connectivity index (χ0) is 20.2. The van der Waals surface area contributed by atoms with E-state index in [0.717, 1.165) is 19.5 Å². The van der Waals surface area contributed by atoms with Gasteiger partial charge in [0.2, 0.25) is 0 Å². The van der Waals surface area contributed by atoms with Crippen LogP contribution < -0.4 is 5.32 Å². The normalized spacial score (nSPS) is 17.8. The molecule has 5 rings (SSSR count). The van der Waals surface area contributed by atoms with Gasteiger partial charge in [0, 0.05) is 16.6 Å². The number of piperidine rings is 1. The number of hydrogen-bond acceptors (Lipinski definition) is 1. The minimum atomic E-state index is 0.532. The largest absolute Gasteiger partial charge is 0.354 e. The van der Waals surface area contributed by atoms with Gasteiger partial charge < -0.3 is 10.3 Å². The van der Waals surface area contributed by atoms with Gasteiger partial charge in [-0.15, -0.1) is 0 Å². The van der Waals surface area contributed by atoms with Crippen molar-refractivity contribution in [1.29, 1.82) is 0 Å². The summed E-state index contributed by atoms with van der Waals surface area (Å²) in [6.07, 6.45) is 4.88. The fourth-order valence-electron chi connectivity index (χ4n) is 5.19. The highest BCUT2D eigenvalue weighted by Gasteiger charge is 2.29. The third kappa shape index (κ3) is 3.93. The lowest BCUT2D eigenvalue weighted by Crippen LogP contribution is -2.33. The summed E-state index contributed by atoms with van der Waals surface area (Å²) in [5.74, 6) is 1.20. The number of nitrogens with one attached hydrogen (secondary N) is 2. The van der Waals surface area contributed by atoms with Crippen molar-refractivity contribution in [2.45, 2.75) is 31.6 Å². The second kappa shape index (κ2) is 8.89. The van der Waals surface area contributed by atoms with Gasteiger partial charge in [0.05, 0.1) is 0 Å². The van der Waals surface area contributed by atoms with Crippen LogP contribution in [0.4, 0.5) is 0 Å². The van der Waals surface area contributed by atoms with E-state index in [4.69, 9.17) is 0 Å². The van der Waals surface area contributed by atoms with Crippen LogP contribution in [0.5, 0.6) is 0 Å². The van der Waals surface area contributed by atoms with Gasteiger partial charge >= 0.3 is 0 Å². The molecule has 1 fully saturated rings. The minimum absolute atomic E-state index is 0.532. The molecule has 2 atom stereocenters. The van der Waals surface area contributed by atoms with Crippen LogP contribution >= 0.6 is 0 Å². The van der Waals surface area contributed by atoms with Crippen LogP contribution in [0.1, 0.15) is 36.3 Å². The SMILES string of the molecule is c1ccc(CCC(c2c(-c3ccccc3)[nH]c3ccccc23)C2CCCNC2)cc1. The van der Waals surface area contributed by atoms with Gasteiger partial charge in [0.15, 0.2) is 0 Å². The predicted octanol–water partition coefficient (Wildman–Crippen LogP) is 6.55. The highest BCUT2D eigenvalue weighted by molar-refractivity contribution is 5.91. The third-order valence-electron chi connectivity index (χ3n) is 6.67. The van der Waals surface area contributed by atoms with Crippen molar-refractivity contribution in [3.63, 3.8) is 0 Å². The number of aromatic amines is 1. The molecule has 1 aliphatic rings. The number of fused-ring (bicyclic) bond motifs is 1. The van der Waals surface area contributed by atoms with E-state index >= 15 is 0 Å². The number of hydrogen-bond donors (Lipinski definition) is 2. The maximum atomic E-state index is 3.78. The molecular weight excluding hydrogens is 364 g/mol. The molecule has 2 heterocycles. The summed E-state index contributed by atoms with van der Waals surface area (Å²) in [6.45, 7) is 2.27. The van der Waals surface area contributed by atoms with Crippen molar-refractivity contribution < 1.29 is 0 Å². The Bertz CT molecular complexity index is 1080. The molecule has 30 heavy (non-hydrogen) atoms. The Morgan fingerprint density at radius 1 is 0.833 bits per heavy atom. The van der Waals surface area contributed by atoms with E-state index in [9.17, 15) is 0 Å². The molecule has 0 radical (unpaired) electrons. The highest BCUT2D eigenvalue weighted by atomic mass is 14.9. The maximum absolute atomic E-state index is 3.78. The topological polar surface area (TPSA) is 27.8 Å². The molecule has 1 aliphatic heterocycles. The lowest BCUT2D eigenvalue weighted by atomic mass is 9.76. The van der Waals surface area contributed by atoms with Gasteiger partial charge in [-0.3, -0.25) is 0 Å². The van der Waals surface area contributed by atoms with Crippen LogP contribution in [-0.2, 0) is 6.42 Å². The van der Waals surface area contributed by atoms with Crippen molar-refractivity contribution in [3.05, 3.63) is 96.1 Å². The van der Waals surface area contributed by atoms with E-state index in [1.807, 2.05) is 0 Å². The first-order valence-electron chi connectivity index (χ1n) is 11.3. The Kier molecular flexibility index (Phi) is 5.67. The fourth-order valence-corrected chi connectivity index (χ4v) is 5.19. The van der Waals surface area contributed by atoms with E-state index in [1.165, 1.54) is 52.5 Å². The first kappa shape index (κ1) is 19.1. The summed E-state index contributed by atoms with van der Waals surface area (Å²) in [6, 6.07) is 30.7. The van der Waals surface area contributed by atoms with Crippen LogP contribution in [0.3, 0.4) is 0 Å². The fraction of sp³-hybridized carbons (Fsp3) is 0.286. The Labute approximate surface area is 179 Å². The second-order valence-electron chi connectivity index (χ2n) is 8.56. The molecule has 2 heteroatoms. The number of para-hydroxylation sites is 1. The summed E-state index contributed by atoms with van der Waals surface area (Å²) in [4.78, 5) is 3.78. The van der Waals surface area contributed by atoms with Crippen molar-refractivity contribution >= 4 is 10.9 Å². The van der Waals surface area contributed by atoms with E-state index in [2.05, 4.69) is 95.2 Å². The summed E-state index contributed by atoms with van der Waals surface area (Å²) < 4.78 is 0. The Hall–Kier alpha value is -2.84. The molecule has 1 saturated heterocycles. The Morgan fingerprint density at radius 3 is 2.33 bits per heavy atom. The molecule has 0 amide bonds. The molecule has 152 valence electrons. The lowest BCUT2D eigenvalue weighted by Gasteiger charge is -2.32. The number of H-pyrrole nitrogens is 1. The third-order valence-corrected chi connectivity index (χ3v) is 6.67. The number of aryl methyl sites for hydroxylation is 1. The second-order valence-corrected chi connectivity index (χ2v) is 8.56. The molecule has 4 aromatic rings. The van der Waals surface area contributed by atoms with Crippen molar-refractivity contribution in [2.24, 2.45) is 5.92 Å². The van der Waals surface area contributed by atoms with Gasteiger partial charge in [-0.25, -0.2) is 0 Å². The Morgan fingerprint density at radius 2 is 1.57 bits per heavy atom. The summed E-state index contributed by atoms with van der Waals surface area (Å²) in [5, 5.41) is 5.06. The molecule has 3 aromatic carbocycles. The molecule has 2 N–H and O–H groups in total. The summed E-state index contributed by atoms with van der Waals surface area (Å²) >= 11 is 0. The average Bonchev–Trinajstić information content (AvgIpc) is 3.21. The standard InChI is InChI=1S/C28H30N2/c1-3-10-21(11-4-1)17-18-24(23-14-9-19-29-20-23)27-25-15-7-8-16-26(25)30-28(27)22-12-5-2-6-13-22/h1-8,10-13,15-16,23-24,29-30H,9,14,17-20H2. The molecule has 0 bridgehead atoms. The Balaban J connectivity index is 1.60. The van der Waals surface area contributed by atoms with E-state index in [1.54, 1.807) is 0 Å². The van der Waals surface area contributed by atoms with Crippen molar-refractivity contribution in [3.8, 4) is 11.3 Å². The quantitative estimate of drug-likeness (QED) is 0.381. The maximum Gasteiger partial charge on any atom is 0.0500 e. The molecule has 0 aliphatic carbocycles. The van der Waals surface area contributed by atoms with Gasteiger partial charge in [0.1, 0.15) is 0 Å². The highest BCUT2D eigenvalue weighted by Crippen LogP contribution is 2.42. The van der Waals surface area contributed by atoms with Crippen molar-refractivity contribution in [2.75, 3.05) is 13.1 Å². The molecule has 2 unspecified atom stereocenters. The molecule has 0 spiro atoms. The molecule has 0 saturated carbocycles. The smallest absolute Gasteiger partial charge is 0.0500 e. The summed E-state index contributed by atoms with van der Waals surface area (Å²) in [5.41, 5.74) is 6.80. The van der Waals surface area contributed by atoms with Crippen LogP contribution in [0.25, 0.3) is 22.2 Å². The van der Waals surface area contributed by atoms with E-state index in [-0.39, 0.29) is 0 Å². The predicted molar refractivity (Wildman–Crippen MR) is 127 cm³/mol. The molecule has 1 aromatic heterocycles. The van der Waals surface area contributed by atoms with Gasteiger partial charge in [-0.05, 0) is 73.4 Å². The average molecular weight is 395 g/mol. The van der Waals surface area contributed by atoms with E-state index < -0.39 is 0 Å². The first-order valence-corrected chi connectivity index (χ1v) is 11.3. The van der Waals surface area contributed by atoms with Gasteiger partial charge in [-0.2, -0.15) is 0 Å². The van der Waals surface area contributed by atoms with Gasteiger partial charge in [-0.1, -0.05) is 78.9 Å². The van der Waals surface area contributed by atoms with E-state index in [0.29, 0.717) is 11.8 Å². The minimum Gasteiger partial charge on any atom is -0.354 e. The first-order chi connectivity index (χ1) is 14.9. The van der Waals surface area contributed by atoms with Crippen LogP contribution in [0, 0.1) is 5.92 Å². The van der Waals surface area contributed by atoms with Crippen LogP contribution in [-0.4, -0.2) is 18.1 Å². The number of benzene rings is 3. The zero-order valence-electron chi connectivity index (χ0n) is 17.5. The van der Waals surface area contributed by atoms with Crippen LogP contribution in [0.15, 0.2) is 84.9 Å².